The highest BCUT2D eigenvalue weighted by molar-refractivity contribution is 9.10. The minimum Gasteiger partial charge on any atom is -0.304 e. The van der Waals surface area contributed by atoms with E-state index in [1.807, 2.05) is 0 Å². The van der Waals surface area contributed by atoms with Gasteiger partial charge in [0.05, 0.1) is 0 Å². The largest absolute Gasteiger partial charge is 0.304 e. The van der Waals surface area contributed by atoms with Gasteiger partial charge in [-0.15, -0.1) is 0 Å². The maximum absolute atomic E-state index is 3.68. The summed E-state index contributed by atoms with van der Waals surface area (Å²) in [6.07, 6.45) is 0. The lowest BCUT2D eigenvalue weighted by Crippen LogP contribution is -2.23. The quantitative estimate of drug-likeness (QED) is 0.782. The first kappa shape index (κ1) is 15.3. The van der Waals surface area contributed by atoms with Crippen LogP contribution in [0.4, 0.5) is 0 Å². The second kappa shape index (κ2) is 6.55. The third kappa shape index (κ3) is 3.71. The van der Waals surface area contributed by atoms with Crippen LogP contribution in [0.25, 0.3) is 0 Å². The van der Waals surface area contributed by atoms with Crippen LogP contribution < -0.4 is 5.32 Å². The summed E-state index contributed by atoms with van der Waals surface area (Å²) in [5, 5.41) is 3.68. The molecule has 0 amide bonds. The van der Waals surface area contributed by atoms with E-state index in [-0.39, 0.29) is 0 Å². The minimum absolute atomic E-state index is 0.331. The summed E-state index contributed by atoms with van der Waals surface area (Å²) in [5.41, 5.74) is 5.36. The molecule has 0 aliphatic rings. The van der Waals surface area contributed by atoms with Gasteiger partial charge in [-0.05, 0) is 56.5 Å². The maximum atomic E-state index is 3.68. The van der Waals surface area contributed by atoms with Crippen molar-refractivity contribution in [3.8, 4) is 0 Å². The topological polar surface area (TPSA) is 12.0 Å². The van der Waals surface area contributed by atoms with Gasteiger partial charge in [0.15, 0.2) is 0 Å². The van der Waals surface area contributed by atoms with Gasteiger partial charge in [0.1, 0.15) is 0 Å². The zero-order valence-corrected chi connectivity index (χ0v) is 14.2. The number of aryl methyl sites for hydroxylation is 2. The minimum atomic E-state index is 0.331. The normalized spacial score (nSPS) is 14.1. The van der Waals surface area contributed by atoms with Crippen LogP contribution in [0.1, 0.15) is 48.2 Å². The van der Waals surface area contributed by atoms with E-state index in [4.69, 9.17) is 0 Å². The molecule has 1 N–H and O–H groups in total. The molecule has 0 heterocycles. The average molecular weight is 332 g/mol. The molecular weight excluding hydrogens is 310 g/mol. The van der Waals surface area contributed by atoms with Gasteiger partial charge in [-0.2, -0.15) is 0 Å². The highest BCUT2D eigenvalue weighted by Crippen LogP contribution is 2.23. The lowest BCUT2D eigenvalue weighted by Gasteiger charge is -2.22. The van der Waals surface area contributed by atoms with Gasteiger partial charge in [-0.1, -0.05) is 51.8 Å². The van der Waals surface area contributed by atoms with Gasteiger partial charge in [0, 0.05) is 16.6 Å². The van der Waals surface area contributed by atoms with Crippen LogP contribution in [0.15, 0.2) is 46.9 Å². The fourth-order valence-corrected chi connectivity index (χ4v) is 2.80. The Bertz CT molecular complexity index is 574. The van der Waals surface area contributed by atoms with Crippen LogP contribution in [0.2, 0.25) is 0 Å². The monoisotopic (exact) mass is 331 g/mol. The number of hydrogen-bond donors (Lipinski definition) is 1. The fraction of sp³-hybridized carbons (Fsp3) is 0.333. The second-order valence-corrected chi connectivity index (χ2v) is 6.44. The maximum Gasteiger partial charge on any atom is 0.0300 e. The summed E-state index contributed by atoms with van der Waals surface area (Å²) in [4.78, 5) is 0. The predicted molar refractivity (Wildman–Crippen MR) is 90.0 cm³/mol. The fourth-order valence-electron chi connectivity index (χ4n) is 2.54. The van der Waals surface area contributed by atoms with Crippen LogP contribution in [0, 0.1) is 13.8 Å². The summed E-state index contributed by atoms with van der Waals surface area (Å²) in [7, 11) is 0. The van der Waals surface area contributed by atoms with Crippen molar-refractivity contribution >= 4 is 15.9 Å². The van der Waals surface area contributed by atoms with Crippen LogP contribution in [0.3, 0.4) is 0 Å². The first-order valence-electron chi connectivity index (χ1n) is 7.06. The SMILES string of the molecule is Cc1ccc(C)c(C(C)N[C@H](C)c2ccc(Br)cc2)c1. The summed E-state index contributed by atoms with van der Waals surface area (Å²) in [5.74, 6) is 0. The Labute approximate surface area is 130 Å². The zero-order valence-electron chi connectivity index (χ0n) is 12.6. The highest BCUT2D eigenvalue weighted by Gasteiger charge is 2.13. The Morgan fingerprint density at radius 3 is 2.20 bits per heavy atom. The Balaban J connectivity index is 2.12. The average Bonchev–Trinajstić information content (AvgIpc) is 2.42. The Hall–Kier alpha value is -1.12. The summed E-state index contributed by atoms with van der Waals surface area (Å²) < 4.78 is 1.12. The Morgan fingerprint density at radius 1 is 0.900 bits per heavy atom. The molecule has 0 fully saturated rings. The smallest absolute Gasteiger partial charge is 0.0300 e. The van der Waals surface area contributed by atoms with Crippen LogP contribution >= 0.6 is 15.9 Å². The molecule has 20 heavy (non-hydrogen) atoms. The lowest BCUT2D eigenvalue weighted by molar-refractivity contribution is 0.493. The summed E-state index contributed by atoms with van der Waals surface area (Å²) >= 11 is 3.48. The molecule has 2 heteroatoms. The molecule has 0 aromatic heterocycles. The van der Waals surface area contributed by atoms with Crippen molar-refractivity contribution in [1.29, 1.82) is 0 Å². The van der Waals surface area contributed by atoms with E-state index < -0.39 is 0 Å². The van der Waals surface area contributed by atoms with Gasteiger partial charge < -0.3 is 5.32 Å². The van der Waals surface area contributed by atoms with Crippen molar-refractivity contribution in [2.24, 2.45) is 0 Å². The van der Waals surface area contributed by atoms with E-state index in [1.54, 1.807) is 0 Å². The van der Waals surface area contributed by atoms with E-state index in [2.05, 4.69) is 91.4 Å². The first-order chi connectivity index (χ1) is 9.47. The van der Waals surface area contributed by atoms with Crippen molar-refractivity contribution in [2.75, 3.05) is 0 Å². The van der Waals surface area contributed by atoms with E-state index in [1.165, 1.54) is 22.3 Å². The predicted octanol–water partition coefficient (Wildman–Crippen LogP) is 5.48. The van der Waals surface area contributed by atoms with Crippen molar-refractivity contribution in [1.82, 2.24) is 5.32 Å². The molecule has 1 unspecified atom stereocenters. The molecule has 1 nitrogen and oxygen atoms in total. The number of benzene rings is 2. The van der Waals surface area contributed by atoms with Crippen molar-refractivity contribution in [3.05, 3.63) is 69.2 Å². The standard InChI is InChI=1S/C18H22BrN/c1-12-5-6-13(2)18(11-12)15(4)20-14(3)16-7-9-17(19)10-8-16/h5-11,14-15,20H,1-4H3/t14-,15?/m1/s1. The Kier molecular flexibility index (Phi) is 5.00. The Morgan fingerprint density at radius 2 is 1.55 bits per heavy atom. The van der Waals surface area contributed by atoms with E-state index in [0.29, 0.717) is 12.1 Å². The molecule has 0 saturated heterocycles. The third-order valence-corrected chi connectivity index (χ3v) is 4.30. The van der Waals surface area contributed by atoms with Gasteiger partial charge >= 0.3 is 0 Å². The molecule has 2 atom stereocenters. The number of halogens is 1. The van der Waals surface area contributed by atoms with Gasteiger partial charge in [-0.25, -0.2) is 0 Å². The number of rotatable bonds is 4. The van der Waals surface area contributed by atoms with Gasteiger partial charge in [0.2, 0.25) is 0 Å². The lowest BCUT2D eigenvalue weighted by atomic mass is 9.98. The van der Waals surface area contributed by atoms with Crippen molar-refractivity contribution < 1.29 is 0 Å². The molecule has 0 radical (unpaired) electrons. The van der Waals surface area contributed by atoms with Crippen LogP contribution in [0.5, 0.6) is 0 Å². The zero-order chi connectivity index (χ0) is 14.7. The molecule has 0 aliphatic carbocycles. The van der Waals surface area contributed by atoms with Crippen molar-refractivity contribution in [3.63, 3.8) is 0 Å². The van der Waals surface area contributed by atoms with Crippen LogP contribution in [-0.4, -0.2) is 0 Å². The number of hydrogen-bond acceptors (Lipinski definition) is 1. The van der Waals surface area contributed by atoms with E-state index >= 15 is 0 Å². The second-order valence-electron chi connectivity index (χ2n) is 5.52. The summed E-state index contributed by atoms with van der Waals surface area (Å²) in [6, 6.07) is 15.8. The van der Waals surface area contributed by atoms with Gasteiger partial charge in [-0.3, -0.25) is 0 Å². The molecule has 0 aliphatic heterocycles. The molecule has 0 saturated carbocycles. The molecule has 2 aromatic carbocycles. The third-order valence-electron chi connectivity index (χ3n) is 3.77. The van der Waals surface area contributed by atoms with Gasteiger partial charge in [0.25, 0.3) is 0 Å². The molecular formula is C18H22BrN. The molecule has 0 spiro atoms. The number of nitrogens with one attached hydrogen (secondary N) is 1. The molecule has 2 aromatic rings. The van der Waals surface area contributed by atoms with Crippen LogP contribution in [-0.2, 0) is 0 Å². The summed E-state index contributed by atoms with van der Waals surface area (Å²) in [6.45, 7) is 8.77. The van der Waals surface area contributed by atoms with E-state index in [0.717, 1.165) is 4.47 Å². The molecule has 0 bridgehead atoms. The molecule has 2 rings (SSSR count). The first-order valence-corrected chi connectivity index (χ1v) is 7.85. The van der Waals surface area contributed by atoms with E-state index in [9.17, 15) is 0 Å². The molecule has 106 valence electrons. The van der Waals surface area contributed by atoms with Crippen molar-refractivity contribution in [2.45, 2.75) is 39.8 Å². The highest BCUT2D eigenvalue weighted by atomic mass is 79.9.